The molecule has 1 aliphatic carbocycles. The molecule has 110 valence electrons. The van der Waals surface area contributed by atoms with Crippen molar-refractivity contribution < 1.29 is 0 Å². The van der Waals surface area contributed by atoms with Crippen LogP contribution in [0.1, 0.15) is 69.2 Å². The van der Waals surface area contributed by atoms with E-state index in [1.165, 1.54) is 24.9 Å². The first kappa shape index (κ1) is 14.1. The smallest absolute Gasteiger partial charge is 0.0233 e. The molecule has 0 N–H and O–H groups in total. The average molecular weight is 271 g/mol. The molecule has 2 aliphatic rings. The largest absolute Gasteiger partial charge is 0.301 e. The molecule has 0 saturated carbocycles. The number of hydrogen-bond acceptors (Lipinski definition) is 1. The Morgan fingerprint density at radius 2 is 1.80 bits per heavy atom. The van der Waals surface area contributed by atoms with Crippen molar-refractivity contribution in [3.05, 3.63) is 34.4 Å². The van der Waals surface area contributed by atoms with Crippen LogP contribution in [0.4, 0.5) is 0 Å². The summed E-state index contributed by atoms with van der Waals surface area (Å²) in [5.74, 6) is 0.717. The van der Waals surface area contributed by atoms with Crippen molar-refractivity contribution >= 4 is 0 Å². The van der Waals surface area contributed by atoms with Gasteiger partial charge in [0.1, 0.15) is 0 Å². The standard InChI is InChI=1S/C19H29N/c1-18(2,3)15-9-13-7-8-19(4,5)16-12-20(6)11-14(10-15)17(13)16/h9-10,16H,7-8,11-12H2,1-6H3. The average Bonchev–Trinajstić information content (AvgIpc) is 2.32. The summed E-state index contributed by atoms with van der Waals surface area (Å²) in [6, 6.07) is 5.00. The Morgan fingerprint density at radius 3 is 2.45 bits per heavy atom. The second-order valence-corrected chi connectivity index (χ2v) is 8.70. The molecule has 1 unspecified atom stereocenters. The Hall–Kier alpha value is -0.820. The van der Waals surface area contributed by atoms with E-state index in [1.807, 2.05) is 0 Å². The lowest BCUT2D eigenvalue weighted by molar-refractivity contribution is 0.163. The van der Waals surface area contributed by atoms with Gasteiger partial charge in [-0.2, -0.15) is 0 Å². The zero-order chi connectivity index (χ0) is 14.7. The molecule has 20 heavy (non-hydrogen) atoms. The number of benzene rings is 1. The van der Waals surface area contributed by atoms with Gasteiger partial charge in [-0.05, 0) is 53.0 Å². The first-order valence-corrected chi connectivity index (χ1v) is 8.03. The van der Waals surface area contributed by atoms with Gasteiger partial charge < -0.3 is 4.90 Å². The Balaban J connectivity index is 2.18. The van der Waals surface area contributed by atoms with E-state index in [-0.39, 0.29) is 5.41 Å². The van der Waals surface area contributed by atoms with Crippen LogP contribution in [-0.4, -0.2) is 18.5 Å². The highest BCUT2D eigenvalue weighted by atomic mass is 15.1. The predicted octanol–water partition coefficient (Wildman–Crippen LogP) is 4.49. The van der Waals surface area contributed by atoms with Gasteiger partial charge in [0.05, 0.1) is 0 Å². The van der Waals surface area contributed by atoms with E-state index >= 15 is 0 Å². The molecule has 1 heterocycles. The maximum Gasteiger partial charge on any atom is 0.0233 e. The van der Waals surface area contributed by atoms with Gasteiger partial charge in [0.2, 0.25) is 0 Å². The zero-order valence-corrected chi connectivity index (χ0v) is 14.0. The summed E-state index contributed by atoms with van der Waals surface area (Å²) in [6.07, 6.45) is 2.59. The molecular weight excluding hydrogens is 242 g/mol. The Bertz CT molecular complexity index is 533. The van der Waals surface area contributed by atoms with Gasteiger partial charge in [0.15, 0.2) is 0 Å². The molecule has 1 aromatic carbocycles. The van der Waals surface area contributed by atoms with Crippen molar-refractivity contribution in [2.45, 2.75) is 65.3 Å². The van der Waals surface area contributed by atoms with E-state index in [2.05, 4.69) is 58.7 Å². The molecule has 0 spiro atoms. The Morgan fingerprint density at radius 1 is 1.15 bits per heavy atom. The van der Waals surface area contributed by atoms with Crippen LogP contribution in [0.5, 0.6) is 0 Å². The highest BCUT2D eigenvalue weighted by molar-refractivity contribution is 5.47. The molecular formula is C19H29N. The Kier molecular flexibility index (Phi) is 3.06. The fourth-order valence-corrected chi connectivity index (χ4v) is 4.02. The van der Waals surface area contributed by atoms with Gasteiger partial charge in [-0.1, -0.05) is 46.8 Å². The van der Waals surface area contributed by atoms with E-state index < -0.39 is 0 Å². The monoisotopic (exact) mass is 271 g/mol. The van der Waals surface area contributed by atoms with E-state index in [1.54, 1.807) is 16.7 Å². The first-order chi connectivity index (χ1) is 9.18. The van der Waals surface area contributed by atoms with Crippen molar-refractivity contribution in [3.8, 4) is 0 Å². The van der Waals surface area contributed by atoms with Crippen LogP contribution in [0.3, 0.4) is 0 Å². The van der Waals surface area contributed by atoms with Crippen LogP contribution < -0.4 is 0 Å². The van der Waals surface area contributed by atoms with E-state index in [4.69, 9.17) is 0 Å². The van der Waals surface area contributed by atoms with Gasteiger partial charge in [0, 0.05) is 19.0 Å². The SMILES string of the molecule is CN1Cc2cc(C(C)(C)C)cc3c2C(C1)C(C)(C)CC3. The fourth-order valence-electron chi connectivity index (χ4n) is 4.02. The lowest BCUT2D eigenvalue weighted by Gasteiger charge is -2.46. The van der Waals surface area contributed by atoms with Crippen molar-refractivity contribution in [3.63, 3.8) is 0 Å². The summed E-state index contributed by atoms with van der Waals surface area (Å²) in [4.78, 5) is 2.51. The van der Waals surface area contributed by atoms with Crippen LogP contribution in [0.15, 0.2) is 12.1 Å². The summed E-state index contributed by atoms with van der Waals surface area (Å²) < 4.78 is 0. The normalized spacial score (nSPS) is 25.4. The maximum atomic E-state index is 2.51. The third-order valence-electron chi connectivity index (χ3n) is 5.48. The van der Waals surface area contributed by atoms with Gasteiger partial charge in [-0.3, -0.25) is 0 Å². The minimum Gasteiger partial charge on any atom is -0.301 e. The minimum absolute atomic E-state index is 0.254. The lowest BCUT2D eigenvalue weighted by Crippen LogP contribution is -2.41. The summed E-state index contributed by atoms with van der Waals surface area (Å²) in [5, 5.41) is 0. The van der Waals surface area contributed by atoms with Crippen molar-refractivity contribution in [1.82, 2.24) is 4.90 Å². The number of rotatable bonds is 0. The quantitative estimate of drug-likeness (QED) is 0.672. The fraction of sp³-hybridized carbons (Fsp3) is 0.684. The molecule has 0 amide bonds. The topological polar surface area (TPSA) is 3.24 Å². The molecule has 1 nitrogen and oxygen atoms in total. The lowest BCUT2D eigenvalue weighted by atomic mass is 9.63. The van der Waals surface area contributed by atoms with E-state index in [0.29, 0.717) is 11.3 Å². The number of nitrogens with zero attached hydrogens (tertiary/aromatic N) is 1. The van der Waals surface area contributed by atoms with Crippen LogP contribution in [0, 0.1) is 5.41 Å². The summed E-state index contributed by atoms with van der Waals surface area (Å²) in [7, 11) is 2.27. The van der Waals surface area contributed by atoms with Gasteiger partial charge in [-0.25, -0.2) is 0 Å². The Labute approximate surface area is 124 Å². The van der Waals surface area contributed by atoms with Crippen LogP contribution in [0.2, 0.25) is 0 Å². The molecule has 1 aliphatic heterocycles. The number of likely N-dealkylation sites (N-methyl/N-ethyl adjacent to an activating group) is 1. The zero-order valence-electron chi connectivity index (χ0n) is 14.0. The first-order valence-electron chi connectivity index (χ1n) is 8.03. The molecule has 0 fully saturated rings. The summed E-state index contributed by atoms with van der Waals surface area (Å²) in [6.45, 7) is 14.3. The van der Waals surface area contributed by atoms with E-state index in [0.717, 1.165) is 6.54 Å². The molecule has 1 atom stereocenters. The second kappa shape index (κ2) is 4.34. The second-order valence-electron chi connectivity index (χ2n) is 8.70. The van der Waals surface area contributed by atoms with Gasteiger partial charge in [-0.15, -0.1) is 0 Å². The van der Waals surface area contributed by atoms with E-state index in [9.17, 15) is 0 Å². The third-order valence-corrected chi connectivity index (χ3v) is 5.48. The van der Waals surface area contributed by atoms with Crippen LogP contribution >= 0.6 is 0 Å². The minimum atomic E-state index is 0.254. The van der Waals surface area contributed by atoms with Crippen LogP contribution in [0.25, 0.3) is 0 Å². The summed E-state index contributed by atoms with van der Waals surface area (Å²) >= 11 is 0. The molecule has 0 aromatic heterocycles. The molecule has 1 aromatic rings. The van der Waals surface area contributed by atoms with Crippen molar-refractivity contribution in [1.29, 1.82) is 0 Å². The van der Waals surface area contributed by atoms with Crippen molar-refractivity contribution in [2.24, 2.45) is 5.41 Å². The highest BCUT2D eigenvalue weighted by Crippen LogP contribution is 2.49. The molecule has 0 saturated heterocycles. The van der Waals surface area contributed by atoms with Gasteiger partial charge in [0.25, 0.3) is 0 Å². The van der Waals surface area contributed by atoms with Crippen LogP contribution in [-0.2, 0) is 18.4 Å². The molecule has 3 rings (SSSR count). The van der Waals surface area contributed by atoms with Gasteiger partial charge >= 0.3 is 0 Å². The summed E-state index contributed by atoms with van der Waals surface area (Å²) in [5.41, 5.74) is 7.15. The van der Waals surface area contributed by atoms with Crippen molar-refractivity contribution in [2.75, 3.05) is 13.6 Å². The molecule has 1 heteroatoms. The number of hydrogen-bond donors (Lipinski definition) is 0. The molecule has 0 radical (unpaired) electrons. The predicted molar refractivity (Wildman–Crippen MR) is 86.3 cm³/mol. The third kappa shape index (κ3) is 2.20. The molecule has 0 bridgehead atoms. The number of aryl methyl sites for hydroxylation is 1. The maximum absolute atomic E-state index is 2.51. The highest BCUT2D eigenvalue weighted by Gasteiger charge is 2.40.